The number of nitrogens with one attached hydrogen (secondary N) is 1. The molecule has 5 heteroatoms. The SMILES string of the molecule is CC(C)Oc1cc(NCC2CC2(C)C)cc([N+](=O)[O-])c1. The maximum Gasteiger partial charge on any atom is 0.275 e. The van der Waals surface area contributed by atoms with Crippen molar-refractivity contribution < 1.29 is 9.66 Å². The van der Waals surface area contributed by atoms with E-state index >= 15 is 0 Å². The summed E-state index contributed by atoms with van der Waals surface area (Å²) in [5.74, 6) is 1.17. The van der Waals surface area contributed by atoms with E-state index in [2.05, 4.69) is 19.2 Å². The van der Waals surface area contributed by atoms with E-state index in [1.807, 2.05) is 19.9 Å². The second-order valence-electron chi connectivity index (χ2n) is 6.41. The van der Waals surface area contributed by atoms with E-state index in [9.17, 15) is 10.1 Å². The van der Waals surface area contributed by atoms with Crippen LogP contribution in [0.3, 0.4) is 0 Å². The van der Waals surface area contributed by atoms with Crippen LogP contribution < -0.4 is 10.1 Å². The summed E-state index contributed by atoms with van der Waals surface area (Å²) in [6.07, 6.45) is 1.19. The Balaban J connectivity index is 2.10. The Bertz CT molecular complexity index is 512. The second kappa shape index (κ2) is 5.31. The van der Waals surface area contributed by atoms with Crippen molar-refractivity contribution in [2.45, 2.75) is 40.2 Å². The monoisotopic (exact) mass is 278 g/mol. The van der Waals surface area contributed by atoms with Crippen molar-refractivity contribution in [3.05, 3.63) is 28.3 Å². The average molecular weight is 278 g/mol. The van der Waals surface area contributed by atoms with Crippen LogP contribution in [0.15, 0.2) is 18.2 Å². The van der Waals surface area contributed by atoms with Gasteiger partial charge in [0.2, 0.25) is 0 Å². The topological polar surface area (TPSA) is 64.4 Å². The van der Waals surface area contributed by atoms with Crippen LogP contribution in [0.5, 0.6) is 5.75 Å². The van der Waals surface area contributed by atoms with Crippen LogP contribution in [0.2, 0.25) is 0 Å². The minimum absolute atomic E-state index is 0.00720. The number of nitro groups is 1. The van der Waals surface area contributed by atoms with E-state index in [1.165, 1.54) is 12.5 Å². The van der Waals surface area contributed by atoms with E-state index in [1.54, 1.807) is 6.07 Å². The van der Waals surface area contributed by atoms with Gasteiger partial charge in [0.1, 0.15) is 5.75 Å². The van der Waals surface area contributed by atoms with Gasteiger partial charge in [0.05, 0.1) is 17.1 Å². The number of rotatable bonds is 6. The lowest BCUT2D eigenvalue weighted by Crippen LogP contribution is -2.09. The Morgan fingerprint density at radius 2 is 2.10 bits per heavy atom. The predicted octanol–water partition coefficient (Wildman–Crippen LogP) is 3.84. The minimum atomic E-state index is -0.389. The molecule has 1 aliphatic rings. The maximum atomic E-state index is 11.0. The van der Waals surface area contributed by atoms with E-state index in [4.69, 9.17) is 4.74 Å². The van der Waals surface area contributed by atoms with Gasteiger partial charge in [-0.05, 0) is 31.6 Å². The van der Waals surface area contributed by atoms with Gasteiger partial charge in [0.25, 0.3) is 5.69 Å². The molecule has 0 aliphatic heterocycles. The first-order valence-electron chi connectivity index (χ1n) is 6.98. The van der Waals surface area contributed by atoms with E-state index in [-0.39, 0.29) is 16.7 Å². The highest BCUT2D eigenvalue weighted by Crippen LogP contribution is 2.51. The van der Waals surface area contributed by atoms with Gasteiger partial charge < -0.3 is 10.1 Å². The fraction of sp³-hybridized carbons (Fsp3) is 0.600. The quantitative estimate of drug-likeness (QED) is 0.634. The van der Waals surface area contributed by atoms with Crippen LogP contribution in [0.1, 0.15) is 34.1 Å². The lowest BCUT2D eigenvalue weighted by atomic mass is 10.1. The Morgan fingerprint density at radius 3 is 2.60 bits per heavy atom. The molecule has 0 aromatic heterocycles. The fourth-order valence-electron chi connectivity index (χ4n) is 2.30. The Morgan fingerprint density at radius 1 is 1.45 bits per heavy atom. The smallest absolute Gasteiger partial charge is 0.275 e. The summed E-state index contributed by atoms with van der Waals surface area (Å²) in [6, 6.07) is 4.84. The molecule has 1 aliphatic carbocycles. The first-order valence-corrected chi connectivity index (χ1v) is 6.98. The number of non-ortho nitro benzene ring substituents is 1. The van der Waals surface area contributed by atoms with Crippen LogP contribution in [0.25, 0.3) is 0 Å². The van der Waals surface area contributed by atoms with Crippen molar-refractivity contribution in [3.63, 3.8) is 0 Å². The summed E-state index contributed by atoms with van der Waals surface area (Å²) in [6.45, 7) is 9.12. The molecule has 0 bridgehead atoms. The minimum Gasteiger partial charge on any atom is -0.491 e. The second-order valence-corrected chi connectivity index (χ2v) is 6.41. The van der Waals surface area contributed by atoms with Crippen molar-refractivity contribution in [2.24, 2.45) is 11.3 Å². The van der Waals surface area contributed by atoms with Crippen LogP contribution in [0.4, 0.5) is 11.4 Å². The first kappa shape index (κ1) is 14.6. The van der Waals surface area contributed by atoms with Crippen LogP contribution >= 0.6 is 0 Å². The highest BCUT2D eigenvalue weighted by atomic mass is 16.6. The van der Waals surface area contributed by atoms with Gasteiger partial charge in [-0.25, -0.2) is 0 Å². The van der Waals surface area contributed by atoms with Gasteiger partial charge >= 0.3 is 0 Å². The molecular weight excluding hydrogens is 256 g/mol. The molecule has 0 heterocycles. The summed E-state index contributed by atoms with van der Waals surface area (Å²) in [4.78, 5) is 10.6. The third-order valence-electron chi connectivity index (χ3n) is 3.74. The molecule has 1 saturated carbocycles. The molecule has 0 radical (unpaired) electrons. The van der Waals surface area contributed by atoms with Gasteiger partial charge in [0, 0.05) is 24.4 Å². The van der Waals surface area contributed by atoms with Crippen molar-refractivity contribution >= 4 is 11.4 Å². The average Bonchev–Trinajstić information content (AvgIpc) is 2.93. The van der Waals surface area contributed by atoms with E-state index in [0.717, 1.165) is 12.2 Å². The predicted molar refractivity (Wildman–Crippen MR) is 79.2 cm³/mol. The molecule has 1 atom stereocenters. The molecule has 20 heavy (non-hydrogen) atoms. The summed E-state index contributed by atoms with van der Waals surface area (Å²) >= 11 is 0. The van der Waals surface area contributed by atoms with Crippen LogP contribution in [-0.4, -0.2) is 17.6 Å². The number of anilines is 1. The zero-order valence-corrected chi connectivity index (χ0v) is 12.5. The molecule has 0 saturated heterocycles. The molecule has 0 amide bonds. The Labute approximate surface area is 119 Å². The molecule has 5 nitrogen and oxygen atoms in total. The van der Waals surface area contributed by atoms with Crippen molar-refractivity contribution in [2.75, 3.05) is 11.9 Å². The van der Waals surface area contributed by atoms with Crippen molar-refractivity contribution in [1.29, 1.82) is 0 Å². The van der Waals surface area contributed by atoms with Crippen LogP contribution in [-0.2, 0) is 0 Å². The Kier molecular flexibility index (Phi) is 3.88. The largest absolute Gasteiger partial charge is 0.491 e. The maximum absolute atomic E-state index is 11.0. The molecule has 1 fully saturated rings. The number of benzene rings is 1. The molecule has 1 aromatic rings. The molecule has 1 aromatic carbocycles. The standard InChI is InChI=1S/C15H22N2O3/c1-10(2)20-14-6-12(5-13(7-14)17(18)19)16-9-11-8-15(11,3)4/h5-7,10-11,16H,8-9H2,1-4H3. The first-order chi connectivity index (χ1) is 9.28. The third-order valence-corrected chi connectivity index (χ3v) is 3.74. The lowest BCUT2D eigenvalue weighted by molar-refractivity contribution is -0.384. The molecule has 1 N–H and O–H groups in total. The fourth-order valence-corrected chi connectivity index (χ4v) is 2.30. The van der Waals surface area contributed by atoms with Gasteiger partial charge in [-0.1, -0.05) is 13.8 Å². The number of nitrogens with zero attached hydrogens (tertiary/aromatic N) is 1. The van der Waals surface area contributed by atoms with Gasteiger partial charge in [-0.3, -0.25) is 10.1 Å². The zero-order valence-electron chi connectivity index (χ0n) is 12.5. The number of nitro benzene ring substituents is 1. The summed E-state index contributed by atoms with van der Waals surface area (Å²) in [5.41, 5.74) is 1.20. The highest BCUT2D eigenvalue weighted by Gasteiger charge is 2.44. The summed E-state index contributed by atoms with van der Waals surface area (Å²) < 4.78 is 5.56. The van der Waals surface area contributed by atoms with Crippen LogP contribution in [0, 0.1) is 21.4 Å². The molecule has 110 valence electrons. The molecule has 1 unspecified atom stereocenters. The van der Waals surface area contributed by atoms with Gasteiger partial charge in [-0.2, -0.15) is 0 Å². The Hall–Kier alpha value is -1.78. The van der Waals surface area contributed by atoms with Crippen molar-refractivity contribution in [1.82, 2.24) is 0 Å². The normalized spacial score (nSPS) is 19.8. The number of hydrogen-bond acceptors (Lipinski definition) is 4. The number of ether oxygens (including phenoxy) is 1. The van der Waals surface area contributed by atoms with E-state index < -0.39 is 0 Å². The van der Waals surface area contributed by atoms with Gasteiger partial charge in [-0.15, -0.1) is 0 Å². The lowest BCUT2D eigenvalue weighted by Gasteiger charge is -2.12. The molecule has 2 rings (SSSR count). The molecule has 0 spiro atoms. The van der Waals surface area contributed by atoms with E-state index in [0.29, 0.717) is 17.1 Å². The zero-order chi connectivity index (χ0) is 14.9. The summed E-state index contributed by atoms with van der Waals surface area (Å²) in [7, 11) is 0. The summed E-state index contributed by atoms with van der Waals surface area (Å²) in [5, 5.41) is 14.3. The van der Waals surface area contributed by atoms with Gasteiger partial charge in [0.15, 0.2) is 0 Å². The third kappa shape index (κ3) is 3.62. The number of hydrogen-bond donors (Lipinski definition) is 1. The van der Waals surface area contributed by atoms with Crippen molar-refractivity contribution in [3.8, 4) is 5.75 Å². The highest BCUT2D eigenvalue weighted by molar-refractivity contribution is 5.56. The molecular formula is C15H22N2O3.